The van der Waals surface area contributed by atoms with Gasteiger partial charge in [-0.3, -0.25) is 4.57 Å². The van der Waals surface area contributed by atoms with Gasteiger partial charge in [-0.25, -0.2) is 15.0 Å². The van der Waals surface area contributed by atoms with Gasteiger partial charge >= 0.3 is 0 Å². The van der Waals surface area contributed by atoms with Crippen molar-refractivity contribution in [2.24, 2.45) is 0 Å². The van der Waals surface area contributed by atoms with Crippen LogP contribution in [0.4, 0.5) is 5.69 Å². The number of imidazole rings is 1. The van der Waals surface area contributed by atoms with Gasteiger partial charge in [-0.05, 0) is 18.2 Å². The number of nitrogens with two attached hydrogens (primary N) is 1. The quantitative estimate of drug-likeness (QED) is 0.691. The molecule has 88 valence electrons. The molecule has 0 aliphatic rings. The van der Waals surface area contributed by atoms with Gasteiger partial charge in [0.2, 0.25) is 0 Å². The lowest BCUT2D eigenvalue weighted by Gasteiger charge is -2.06. The Morgan fingerprint density at radius 2 is 2.00 bits per heavy atom. The SMILES string of the molecule is Nc1cccc(-c2nccn2-c2ccncn2)c1. The van der Waals surface area contributed by atoms with Crippen LogP contribution in [0.25, 0.3) is 17.2 Å². The summed E-state index contributed by atoms with van der Waals surface area (Å²) >= 11 is 0. The third kappa shape index (κ3) is 1.82. The second-order valence-electron chi connectivity index (χ2n) is 3.81. The lowest BCUT2D eigenvalue weighted by molar-refractivity contribution is 0.979. The van der Waals surface area contributed by atoms with Crippen molar-refractivity contribution < 1.29 is 0 Å². The van der Waals surface area contributed by atoms with Crippen LogP contribution in [-0.4, -0.2) is 19.5 Å². The molecule has 0 atom stereocenters. The molecule has 1 aromatic carbocycles. The molecular formula is C13H11N5. The monoisotopic (exact) mass is 237 g/mol. The fourth-order valence-electron chi connectivity index (χ4n) is 1.81. The summed E-state index contributed by atoms with van der Waals surface area (Å²) < 4.78 is 1.90. The molecule has 0 aliphatic carbocycles. The van der Waals surface area contributed by atoms with Crippen molar-refractivity contribution in [1.29, 1.82) is 0 Å². The van der Waals surface area contributed by atoms with Gasteiger partial charge in [0.05, 0.1) is 0 Å². The molecule has 0 fully saturated rings. The van der Waals surface area contributed by atoms with Crippen molar-refractivity contribution in [2.75, 3.05) is 5.73 Å². The van der Waals surface area contributed by atoms with Crippen LogP contribution >= 0.6 is 0 Å². The third-order valence-corrected chi connectivity index (χ3v) is 2.60. The van der Waals surface area contributed by atoms with Crippen LogP contribution in [0.2, 0.25) is 0 Å². The van der Waals surface area contributed by atoms with Crippen LogP contribution in [0.5, 0.6) is 0 Å². The molecule has 0 spiro atoms. The first-order valence-corrected chi connectivity index (χ1v) is 5.50. The van der Waals surface area contributed by atoms with Gasteiger partial charge in [0.25, 0.3) is 0 Å². The molecule has 5 nitrogen and oxygen atoms in total. The Bertz CT molecular complexity index is 660. The highest BCUT2D eigenvalue weighted by Crippen LogP contribution is 2.21. The Morgan fingerprint density at radius 1 is 1.06 bits per heavy atom. The molecule has 0 unspecified atom stereocenters. The number of nitrogens with zero attached hydrogens (tertiary/aromatic N) is 4. The van der Waals surface area contributed by atoms with Crippen molar-refractivity contribution in [2.45, 2.75) is 0 Å². The lowest BCUT2D eigenvalue weighted by atomic mass is 10.2. The van der Waals surface area contributed by atoms with Crippen molar-refractivity contribution in [1.82, 2.24) is 19.5 Å². The molecule has 0 saturated heterocycles. The molecule has 5 heteroatoms. The Labute approximate surface area is 104 Å². The molecule has 0 amide bonds. The maximum Gasteiger partial charge on any atom is 0.145 e. The summed E-state index contributed by atoms with van der Waals surface area (Å²) in [6, 6.07) is 9.44. The Hall–Kier alpha value is -2.69. The molecule has 18 heavy (non-hydrogen) atoms. The van der Waals surface area contributed by atoms with Gasteiger partial charge in [0.1, 0.15) is 18.0 Å². The van der Waals surface area contributed by atoms with Gasteiger partial charge < -0.3 is 5.73 Å². The van der Waals surface area contributed by atoms with E-state index in [9.17, 15) is 0 Å². The van der Waals surface area contributed by atoms with Crippen molar-refractivity contribution in [3.63, 3.8) is 0 Å². The summed E-state index contributed by atoms with van der Waals surface area (Å²) in [5, 5.41) is 0. The second kappa shape index (κ2) is 4.29. The van der Waals surface area contributed by atoms with Gasteiger partial charge in [0, 0.05) is 29.8 Å². The average molecular weight is 237 g/mol. The largest absolute Gasteiger partial charge is 0.399 e. The second-order valence-corrected chi connectivity index (χ2v) is 3.81. The predicted octanol–water partition coefficient (Wildman–Crippen LogP) is 1.91. The molecule has 2 heterocycles. The smallest absolute Gasteiger partial charge is 0.145 e. The summed E-state index contributed by atoms with van der Waals surface area (Å²) in [6.07, 6.45) is 6.81. The first-order chi connectivity index (χ1) is 8.84. The van der Waals surface area contributed by atoms with E-state index >= 15 is 0 Å². The van der Waals surface area contributed by atoms with Crippen LogP contribution in [-0.2, 0) is 0 Å². The molecule has 3 aromatic rings. The first kappa shape index (κ1) is 10.5. The maximum atomic E-state index is 5.79. The number of hydrogen-bond donors (Lipinski definition) is 1. The zero-order valence-electron chi connectivity index (χ0n) is 9.56. The summed E-state index contributed by atoms with van der Waals surface area (Å²) in [5.74, 6) is 1.58. The van der Waals surface area contributed by atoms with Crippen LogP contribution in [0.1, 0.15) is 0 Å². The highest BCUT2D eigenvalue weighted by molar-refractivity contribution is 5.62. The first-order valence-electron chi connectivity index (χ1n) is 5.50. The number of anilines is 1. The summed E-state index contributed by atoms with van der Waals surface area (Å²) in [4.78, 5) is 12.5. The minimum atomic E-state index is 0.713. The highest BCUT2D eigenvalue weighted by atomic mass is 15.1. The van der Waals surface area contributed by atoms with E-state index in [4.69, 9.17) is 5.73 Å². The molecule has 2 aromatic heterocycles. The Kier molecular flexibility index (Phi) is 2.49. The number of aromatic nitrogens is 4. The molecule has 0 saturated carbocycles. The van der Waals surface area contributed by atoms with Gasteiger partial charge in [-0.15, -0.1) is 0 Å². The zero-order valence-corrected chi connectivity index (χ0v) is 9.56. The minimum Gasteiger partial charge on any atom is -0.399 e. The van der Waals surface area contributed by atoms with E-state index in [0.29, 0.717) is 5.69 Å². The number of benzene rings is 1. The fraction of sp³-hybridized carbons (Fsp3) is 0. The van der Waals surface area contributed by atoms with E-state index in [-0.39, 0.29) is 0 Å². The predicted molar refractivity (Wildman–Crippen MR) is 69.0 cm³/mol. The third-order valence-electron chi connectivity index (χ3n) is 2.60. The number of rotatable bonds is 2. The van der Waals surface area contributed by atoms with E-state index < -0.39 is 0 Å². The summed E-state index contributed by atoms with van der Waals surface area (Å²) in [5.41, 5.74) is 7.46. The van der Waals surface area contributed by atoms with E-state index in [2.05, 4.69) is 15.0 Å². The van der Waals surface area contributed by atoms with Crippen LogP contribution in [0, 0.1) is 0 Å². The van der Waals surface area contributed by atoms with Crippen LogP contribution in [0.15, 0.2) is 55.2 Å². The van der Waals surface area contributed by atoms with Crippen LogP contribution < -0.4 is 5.73 Å². The van der Waals surface area contributed by atoms with Gasteiger partial charge in [-0.2, -0.15) is 0 Å². The minimum absolute atomic E-state index is 0.713. The molecule has 0 bridgehead atoms. The van der Waals surface area contributed by atoms with E-state index in [1.807, 2.05) is 41.1 Å². The Balaban J connectivity index is 2.13. The normalized spacial score (nSPS) is 10.4. The molecule has 2 N–H and O–H groups in total. The summed E-state index contributed by atoms with van der Waals surface area (Å²) in [7, 11) is 0. The standard InChI is InChI=1S/C13H11N5/c14-11-3-1-2-10(8-11)13-16-6-7-18(13)12-4-5-15-9-17-12/h1-9H,14H2. The lowest BCUT2D eigenvalue weighted by Crippen LogP contribution is -1.99. The van der Waals surface area contributed by atoms with Gasteiger partial charge in [-0.1, -0.05) is 12.1 Å². The zero-order chi connectivity index (χ0) is 12.4. The summed E-state index contributed by atoms with van der Waals surface area (Å²) in [6.45, 7) is 0. The van der Waals surface area contributed by atoms with Gasteiger partial charge in [0.15, 0.2) is 0 Å². The molecule has 3 rings (SSSR count). The maximum absolute atomic E-state index is 5.79. The highest BCUT2D eigenvalue weighted by Gasteiger charge is 2.08. The number of nitrogen functional groups attached to an aromatic ring is 1. The van der Waals surface area contributed by atoms with Crippen LogP contribution in [0.3, 0.4) is 0 Å². The molecule has 0 radical (unpaired) electrons. The molecular weight excluding hydrogens is 226 g/mol. The van der Waals surface area contributed by atoms with E-state index in [1.54, 1.807) is 12.4 Å². The Morgan fingerprint density at radius 3 is 2.78 bits per heavy atom. The van der Waals surface area contributed by atoms with Crippen molar-refractivity contribution >= 4 is 5.69 Å². The van der Waals surface area contributed by atoms with Crippen molar-refractivity contribution in [3.8, 4) is 17.2 Å². The average Bonchev–Trinajstić information content (AvgIpc) is 2.89. The fourth-order valence-corrected chi connectivity index (χ4v) is 1.81. The van der Waals surface area contributed by atoms with E-state index in [1.165, 1.54) is 6.33 Å². The van der Waals surface area contributed by atoms with Crippen molar-refractivity contribution in [3.05, 3.63) is 55.2 Å². The topological polar surface area (TPSA) is 69.6 Å². The van der Waals surface area contributed by atoms with E-state index in [0.717, 1.165) is 17.2 Å². The molecule has 0 aliphatic heterocycles. The number of hydrogen-bond acceptors (Lipinski definition) is 4.